The Balaban J connectivity index is 1.23. The number of rotatable bonds is 4. The van der Waals surface area contributed by atoms with Gasteiger partial charge in [0.2, 0.25) is 5.91 Å². The monoisotopic (exact) mass is 396 g/mol. The van der Waals surface area contributed by atoms with E-state index in [4.69, 9.17) is 4.74 Å². The number of ether oxygens (including phenoxy) is 1. The van der Waals surface area contributed by atoms with Crippen LogP contribution in [0, 0.1) is 23.7 Å². The van der Waals surface area contributed by atoms with Gasteiger partial charge in [0.25, 0.3) is 5.91 Å². The van der Waals surface area contributed by atoms with Crippen molar-refractivity contribution in [2.24, 2.45) is 23.7 Å². The molecule has 2 bridgehead atoms. The first-order valence-corrected chi connectivity index (χ1v) is 10.9. The summed E-state index contributed by atoms with van der Waals surface area (Å²) in [6.07, 6.45) is 7.54. The summed E-state index contributed by atoms with van der Waals surface area (Å²) < 4.78 is 5.42. The Morgan fingerprint density at radius 3 is 2.52 bits per heavy atom. The lowest BCUT2D eigenvalue weighted by molar-refractivity contribution is -0.145. The standard InChI is InChI=1S/C23H28N2O4/c1-25(16-5-3-2-4-6-16)22(27)13-7-9-15(10-8-13)24-21(26)19-14-11-17-18(12-14)29-23(28)20(17)19/h7-10,14,16-20H,2-6,11-12H2,1H3,(H,24,26)/t14-,17+,18-,19+,20+/m1/s1. The van der Waals surface area contributed by atoms with Crippen LogP contribution in [0.3, 0.4) is 0 Å². The molecule has 5 atom stereocenters. The average molecular weight is 396 g/mol. The van der Waals surface area contributed by atoms with Gasteiger partial charge in [-0.1, -0.05) is 19.3 Å². The topological polar surface area (TPSA) is 75.7 Å². The minimum absolute atomic E-state index is 0.0302. The fourth-order valence-corrected chi connectivity index (χ4v) is 6.12. The third-order valence-corrected chi connectivity index (χ3v) is 7.63. The van der Waals surface area contributed by atoms with E-state index in [1.54, 1.807) is 24.3 Å². The van der Waals surface area contributed by atoms with Crippen LogP contribution in [0.4, 0.5) is 5.69 Å². The van der Waals surface area contributed by atoms with Crippen molar-refractivity contribution in [2.75, 3.05) is 12.4 Å². The van der Waals surface area contributed by atoms with E-state index in [1.807, 2.05) is 11.9 Å². The molecule has 1 heterocycles. The van der Waals surface area contributed by atoms with Gasteiger partial charge in [0.05, 0.1) is 11.8 Å². The fourth-order valence-electron chi connectivity index (χ4n) is 6.12. The maximum atomic E-state index is 12.9. The quantitative estimate of drug-likeness (QED) is 0.793. The molecule has 6 heteroatoms. The lowest BCUT2D eigenvalue weighted by Crippen LogP contribution is -2.38. The molecular weight excluding hydrogens is 368 g/mol. The number of carbonyl (C=O) groups excluding carboxylic acids is 3. The summed E-state index contributed by atoms with van der Waals surface area (Å²) in [5.74, 6) is -0.369. The van der Waals surface area contributed by atoms with Crippen molar-refractivity contribution >= 4 is 23.5 Å². The zero-order chi connectivity index (χ0) is 20.1. The summed E-state index contributed by atoms with van der Waals surface area (Å²) in [5.41, 5.74) is 1.30. The summed E-state index contributed by atoms with van der Waals surface area (Å²) in [6.45, 7) is 0. The van der Waals surface area contributed by atoms with Crippen LogP contribution in [0.2, 0.25) is 0 Å². The zero-order valence-corrected chi connectivity index (χ0v) is 16.8. The van der Waals surface area contributed by atoms with E-state index in [2.05, 4.69) is 5.32 Å². The average Bonchev–Trinajstić information content (AvgIpc) is 3.36. The van der Waals surface area contributed by atoms with Gasteiger partial charge in [-0.25, -0.2) is 0 Å². The zero-order valence-electron chi connectivity index (χ0n) is 16.8. The van der Waals surface area contributed by atoms with E-state index < -0.39 is 0 Å². The molecule has 1 saturated heterocycles. The molecule has 0 unspecified atom stereocenters. The Morgan fingerprint density at radius 2 is 1.79 bits per heavy atom. The molecular formula is C23H28N2O4. The summed E-state index contributed by atoms with van der Waals surface area (Å²) in [5, 5.41) is 2.96. The summed E-state index contributed by atoms with van der Waals surface area (Å²) in [4.78, 5) is 39.7. The molecule has 0 spiro atoms. The van der Waals surface area contributed by atoms with Gasteiger partial charge in [-0.3, -0.25) is 14.4 Å². The minimum atomic E-state index is -0.287. The van der Waals surface area contributed by atoms with Crippen molar-refractivity contribution in [3.8, 4) is 0 Å². The largest absolute Gasteiger partial charge is 0.462 e. The highest BCUT2D eigenvalue weighted by Gasteiger charge is 2.63. The van der Waals surface area contributed by atoms with Crippen LogP contribution < -0.4 is 5.32 Å². The van der Waals surface area contributed by atoms with Crippen LogP contribution in [0.5, 0.6) is 0 Å². The van der Waals surface area contributed by atoms with Crippen LogP contribution in [-0.2, 0) is 14.3 Å². The molecule has 1 aromatic rings. The number of nitrogens with one attached hydrogen (secondary N) is 1. The van der Waals surface area contributed by atoms with E-state index >= 15 is 0 Å². The molecule has 1 aliphatic heterocycles. The van der Waals surface area contributed by atoms with Gasteiger partial charge in [-0.05, 0) is 55.9 Å². The number of fused-ring (bicyclic) bond motifs is 1. The van der Waals surface area contributed by atoms with E-state index in [9.17, 15) is 14.4 Å². The number of amides is 2. The Bertz CT molecular complexity index is 828. The second-order valence-corrected chi connectivity index (χ2v) is 9.20. The SMILES string of the molecule is CN(C(=O)c1ccc(NC(=O)[C@H]2[C@@H]3C[C@@H]4[C@@H]2C(=O)O[C@@H]4C3)cc1)C1CCCCC1. The van der Waals surface area contributed by atoms with Gasteiger partial charge < -0.3 is 15.0 Å². The first-order chi connectivity index (χ1) is 14.0. The first-order valence-electron chi connectivity index (χ1n) is 10.9. The molecule has 29 heavy (non-hydrogen) atoms. The van der Waals surface area contributed by atoms with Crippen molar-refractivity contribution < 1.29 is 19.1 Å². The van der Waals surface area contributed by atoms with E-state index in [1.165, 1.54) is 19.3 Å². The fraction of sp³-hybridized carbons (Fsp3) is 0.609. The molecule has 1 aromatic carbocycles. The van der Waals surface area contributed by atoms with Gasteiger partial charge >= 0.3 is 5.97 Å². The highest BCUT2D eigenvalue weighted by atomic mass is 16.6. The van der Waals surface area contributed by atoms with E-state index in [-0.39, 0.29) is 47.6 Å². The predicted molar refractivity (Wildman–Crippen MR) is 107 cm³/mol. The van der Waals surface area contributed by atoms with Crippen LogP contribution in [0.1, 0.15) is 55.3 Å². The molecule has 5 rings (SSSR count). The first kappa shape index (κ1) is 18.6. The molecule has 4 fully saturated rings. The van der Waals surface area contributed by atoms with Crippen LogP contribution in [0.15, 0.2) is 24.3 Å². The van der Waals surface area contributed by atoms with E-state index in [0.29, 0.717) is 17.3 Å². The molecule has 0 radical (unpaired) electrons. The minimum Gasteiger partial charge on any atom is -0.462 e. The predicted octanol–water partition coefficient (Wildman–Crippen LogP) is 3.23. The van der Waals surface area contributed by atoms with Gasteiger partial charge in [-0.2, -0.15) is 0 Å². The number of carbonyl (C=O) groups is 3. The maximum absolute atomic E-state index is 12.9. The summed E-state index contributed by atoms with van der Waals surface area (Å²) in [6, 6.07) is 7.44. The van der Waals surface area contributed by atoms with Gasteiger partial charge in [-0.15, -0.1) is 0 Å². The van der Waals surface area contributed by atoms with Crippen molar-refractivity contribution in [2.45, 2.75) is 57.1 Å². The summed E-state index contributed by atoms with van der Waals surface area (Å²) in [7, 11) is 1.89. The third-order valence-electron chi connectivity index (χ3n) is 7.63. The van der Waals surface area contributed by atoms with Crippen molar-refractivity contribution in [3.05, 3.63) is 29.8 Å². The molecule has 3 aliphatic carbocycles. The number of esters is 1. The lowest BCUT2D eigenvalue weighted by Gasteiger charge is -2.31. The summed E-state index contributed by atoms with van der Waals surface area (Å²) >= 11 is 0. The van der Waals surface area contributed by atoms with Gasteiger partial charge in [0.1, 0.15) is 6.10 Å². The Morgan fingerprint density at radius 1 is 1.07 bits per heavy atom. The highest BCUT2D eigenvalue weighted by molar-refractivity contribution is 5.98. The number of hydrogen-bond acceptors (Lipinski definition) is 4. The van der Waals surface area contributed by atoms with Crippen LogP contribution >= 0.6 is 0 Å². The van der Waals surface area contributed by atoms with Crippen LogP contribution in [-0.4, -0.2) is 41.9 Å². The van der Waals surface area contributed by atoms with Gasteiger partial charge in [0.15, 0.2) is 0 Å². The van der Waals surface area contributed by atoms with Crippen LogP contribution in [0.25, 0.3) is 0 Å². The van der Waals surface area contributed by atoms with Crippen molar-refractivity contribution in [1.29, 1.82) is 0 Å². The number of benzene rings is 1. The second-order valence-electron chi connectivity index (χ2n) is 9.20. The Labute approximate surface area is 171 Å². The molecule has 2 amide bonds. The third kappa shape index (κ3) is 3.13. The molecule has 0 aromatic heterocycles. The number of hydrogen-bond donors (Lipinski definition) is 1. The molecule has 154 valence electrons. The second kappa shape index (κ2) is 7.15. The normalized spacial score (nSPS) is 32.9. The van der Waals surface area contributed by atoms with Crippen molar-refractivity contribution in [1.82, 2.24) is 4.90 Å². The van der Waals surface area contributed by atoms with E-state index in [0.717, 1.165) is 25.7 Å². The molecule has 4 aliphatic rings. The molecule has 6 nitrogen and oxygen atoms in total. The molecule has 3 saturated carbocycles. The van der Waals surface area contributed by atoms with Crippen molar-refractivity contribution in [3.63, 3.8) is 0 Å². The smallest absolute Gasteiger partial charge is 0.310 e. The molecule has 1 N–H and O–H groups in total. The number of nitrogens with zero attached hydrogens (tertiary/aromatic N) is 1. The highest BCUT2D eigenvalue weighted by Crippen LogP contribution is 2.57. The maximum Gasteiger partial charge on any atom is 0.310 e. The lowest BCUT2D eigenvalue weighted by atomic mass is 9.79. The number of anilines is 1. The Hall–Kier alpha value is -2.37. The van der Waals surface area contributed by atoms with Gasteiger partial charge in [0, 0.05) is 30.3 Å². The Kier molecular flexibility index (Phi) is 4.60.